The molecule has 3 aromatic heterocycles. The molecule has 0 spiro atoms. The minimum Gasteiger partial charge on any atom is -0.373 e. The lowest BCUT2D eigenvalue weighted by Crippen LogP contribution is -2.21. The third-order valence-corrected chi connectivity index (χ3v) is 6.21. The normalized spacial score (nSPS) is 20.1. The first-order valence-electron chi connectivity index (χ1n) is 9.49. The first-order valence-corrected chi connectivity index (χ1v) is 11.4. The monoisotopic (exact) mass is 413 g/mol. The molecule has 9 heteroatoms. The molecule has 29 heavy (non-hydrogen) atoms. The Labute approximate surface area is 169 Å². The molecule has 1 fully saturated rings. The summed E-state index contributed by atoms with van der Waals surface area (Å²) in [4.78, 5) is 22.2. The van der Waals surface area contributed by atoms with Crippen molar-refractivity contribution in [2.45, 2.75) is 50.7 Å². The quantitative estimate of drug-likeness (QED) is 0.603. The van der Waals surface area contributed by atoms with E-state index in [0.29, 0.717) is 36.6 Å². The molecule has 0 N–H and O–H groups in total. The molecule has 1 saturated heterocycles. The van der Waals surface area contributed by atoms with Gasteiger partial charge in [0.1, 0.15) is 11.3 Å². The van der Waals surface area contributed by atoms with Crippen molar-refractivity contribution < 1.29 is 13.2 Å². The van der Waals surface area contributed by atoms with Crippen LogP contribution in [0.5, 0.6) is 0 Å². The maximum absolute atomic E-state index is 12.4. The Kier molecular flexibility index (Phi) is 5.04. The lowest BCUT2D eigenvalue weighted by atomic mass is 9.91. The second kappa shape index (κ2) is 7.38. The van der Waals surface area contributed by atoms with Crippen molar-refractivity contribution in [3.05, 3.63) is 46.8 Å². The zero-order valence-electron chi connectivity index (χ0n) is 16.9. The van der Waals surface area contributed by atoms with Crippen LogP contribution >= 0.6 is 0 Å². The summed E-state index contributed by atoms with van der Waals surface area (Å²) in [5.41, 5.74) is 3.92. The molecule has 0 saturated carbocycles. The largest absolute Gasteiger partial charge is 0.373 e. The highest BCUT2D eigenvalue weighted by molar-refractivity contribution is 7.90. The number of ether oxygens (including phenoxy) is 1. The van der Waals surface area contributed by atoms with E-state index in [0.717, 1.165) is 23.2 Å². The SMILES string of the molecule is Cc1cc(C2CC(c3nc(S(C)(=O)=O)c4nc(C)c(C)nc4n3)CCO2)ccn1. The molecule has 1 aliphatic rings. The lowest BCUT2D eigenvalue weighted by Gasteiger charge is -2.29. The van der Waals surface area contributed by atoms with Crippen LogP contribution in [0, 0.1) is 20.8 Å². The lowest BCUT2D eigenvalue weighted by molar-refractivity contribution is 0.00384. The zero-order chi connectivity index (χ0) is 20.8. The van der Waals surface area contributed by atoms with E-state index in [1.54, 1.807) is 13.1 Å². The second-order valence-corrected chi connectivity index (χ2v) is 9.47. The molecule has 0 radical (unpaired) electrons. The van der Waals surface area contributed by atoms with Crippen LogP contribution in [0.25, 0.3) is 11.2 Å². The van der Waals surface area contributed by atoms with Crippen LogP contribution in [0.15, 0.2) is 23.4 Å². The topological polar surface area (TPSA) is 108 Å². The molecular weight excluding hydrogens is 390 g/mol. The molecule has 2 unspecified atom stereocenters. The van der Waals surface area contributed by atoms with Crippen molar-refractivity contribution >= 4 is 21.0 Å². The van der Waals surface area contributed by atoms with Gasteiger partial charge in [-0.15, -0.1) is 0 Å². The molecule has 3 aromatic rings. The molecule has 0 amide bonds. The molecular formula is C20H23N5O3S. The first-order chi connectivity index (χ1) is 13.7. The predicted molar refractivity (Wildman–Crippen MR) is 107 cm³/mol. The van der Waals surface area contributed by atoms with Gasteiger partial charge in [0, 0.05) is 30.7 Å². The Hall–Kier alpha value is -2.52. The van der Waals surface area contributed by atoms with E-state index in [1.165, 1.54) is 0 Å². The summed E-state index contributed by atoms with van der Waals surface area (Å²) >= 11 is 0. The summed E-state index contributed by atoms with van der Waals surface area (Å²) in [6, 6.07) is 3.95. The summed E-state index contributed by atoms with van der Waals surface area (Å²) in [6.07, 6.45) is 4.18. The van der Waals surface area contributed by atoms with Gasteiger partial charge in [0.05, 0.1) is 17.5 Å². The zero-order valence-corrected chi connectivity index (χ0v) is 17.7. The Balaban J connectivity index is 1.78. The number of aromatic nitrogens is 5. The van der Waals surface area contributed by atoms with Gasteiger partial charge in [0.2, 0.25) is 0 Å². The number of aryl methyl sites for hydroxylation is 3. The molecule has 0 aliphatic carbocycles. The van der Waals surface area contributed by atoms with E-state index in [9.17, 15) is 8.42 Å². The van der Waals surface area contributed by atoms with Crippen molar-refractivity contribution in [1.82, 2.24) is 24.9 Å². The molecule has 4 rings (SSSR count). The van der Waals surface area contributed by atoms with E-state index < -0.39 is 9.84 Å². The number of hydrogen-bond acceptors (Lipinski definition) is 8. The Morgan fingerprint density at radius 1 is 1.07 bits per heavy atom. The fourth-order valence-electron chi connectivity index (χ4n) is 3.58. The fraction of sp³-hybridized carbons (Fsp3) is 0.450. The van der Waals surface area contributed by atoms with E-state index in [-0.39, 0.29) is 22.6 Å². The standard InChI is InChI=1S/C20H23N5O3S/c1-11-9-14(5-7-21-11)16-10-15(6-8-28-16)18-24-19-17(20(25-18)29(4,26)27)22-12(2)13(3)23-19/h5,7,9,15-16H,6,8,10H2,1-4H3. The van der Waals surface area contributed by atoms with Crippen LogP contribution in [-0.2, 0) is 14.6 Å². The van der Waals surface area contributed by atoms with E-state index in [2.05, 4.69) is 24.9 Å². The highest BCUT2D eigenvalue weighted by Crippen LogP contribution is 2.37. The highest BCUT2D eigenvalue weighted by Gasteiger charge is 2.29. The number of hydrogen-bond donors (Lipinski definition) is 0. The number of fused-ring (bicyclic) bond motifs is 1. The highest BCUT2D eigenvalue weighted by atomic mass is 32.2. The van der Waals surface area contributed by atoms with Gasteiger partial charge in [-0.2, -0.15) is 0 Å². The first kappa shape index (κ1) is 19.8. The van der Waals surface area contributed by atoms with Crippen LogP contribution < -0.4 is 0 Å². The average molecular weight is 414 g/mol. The molecule has 2 atom stereocenters. The van der Waals surface area contributed by atoms with E-state index in [4.69, 9.17) is 4.74 Å². The number of pyridine rings is 1. The Bertz CT molecular complexity index is 1200. The number of sulfone groups is 1. The van der Waals surface area contributed by atoms with Gasteiger partial charge in [-0.05, 0) is 51.3 Å². The van der Waals surface area contributed by atoms with Gasteiger partial charge >= 0.3 is 0 Å². The second-order valence-electron chi connectivity index (χ2n) is 7.54. The summed E-state index contributed by atoms with van der Waals surface area (Å²) < 4.78 is 30.8. The van der Waals surface area contributed by atoms with Crippen LogP contribution in [0.2, 0.25) is 0 Å². The van der Waals surface area contributed by atoms with Crippen LogP contribution in [0.3, 0.4) is 0 Å². The summed E-state index contributed by atoms with van der Waals surface area (Å²) in [6.45, 7) is 6.12. The minimum atomic E-state index is -3.58. The Morgan fingerprint density at radius 2 is 1.83 bits per heavy atom. The fourth-order valence-corrected chi connectivity index (χ4v) is 4.32. The predicted octanol–water partition coefficient (Wildman–Crippen LogP) is 2.78. The van der Waals surface area contributed by atoms with Gasteiger partial charge in [-0.25, -0.2) is 28.4 Å². The van der Waals surface area contributed by atoms with Crippen molar-refractivity contribution in [1.29, 1.82) is 0 Å². The molecule has 8 nitrogen and oxygen atoms in total. The van der Waals surface area contributed by atoms with Gasteiger partial charge in [-0.1, -0.05) is 0 Å². The molecule has 0 aromatic carbocycles. The number of rotatable bonds is 3. The van der Waals surface area contributed by atoms with Gasteiger partial charge in [0.25, 0.3) is 0 Å². The molecule has 152 valence electrons. The van der Waals surface area contributed by atoms with E-state index in [1.807, 2.05) is 26.0 Å². The summed E-state index contributed by atoms with van der Waals surface area (Å²) in [5.74, 6) is 0.449. The van der Waals surface area contributed by atoms with Crippen LogP contribution in [-0.4, -0.2) is 46.2 Å². The van der Waals surface area contributed by atoms with Crippen molar-refractivity contribution in [3.63, 3.8) is 0 Å². The summed E-state index contributed by atoms with van der Waals surface area (Å²) in [5, 5.41) is -0.0594. The smallest absolute Gasteiger partial charge is 0.195 e. The van der Waals surface area contributed by atoms with Crippen molar-refractivity contribution in [2.24, 2.45) is 0 Å². The van der Waals surface area contributed by atoms with Gasteiger partial charge in [-0.3, -0.25) is 4.98 Å². The van der Waals surface area contributed by atoms with Gasteiger partial charge < -0.3 is 4.74 Å². The van der Waals surface area contributed by atoms with E-state index >= 15 is 0 Å². The van der Waals surface area contributed by atoms with Crippen LogP contribution in [0.4, 0.5) is 0 Å². The summed E-state index contributed by atoms with van der Waals surface area (Å²) in [7, 11) is -3.58. The maximum atomic E-state index is 12.4. The van der Waals surface area contributed by atoms with Crippen LogP contribution in [0.1, 0.15) is 53.3 Å². The maximum Gasteiger partial charge on any atom is 0.195 e. The van der Waals surface area contributed by atoms with Gasteiger partial charge in [0.15, 0.2) is 20.5 Å². The minimum absolute atomic E-state index is 0.0319. The number of nitrogens with zero attached hydrogens (tertiary/aromatic N) is 5. The molecule has 1 aliphatic heterocycles. The molecule has 4 heterocycles. The average Bonchev–Trinajstić information content (AvgIpc) is 2.67. The molecule has 0 bridgehead atoms. The third-order valence-electron chi connectivity index (χ3n) is 5.22. The van der Waals surface area contributed by atoms with Crippen molar-refractivity contribution in [2.75, 3.05) is 12.9 Å². The van der Waals surface area contributed by atoms with Crippen molar-refractivity contribution in [3.8, 4) is 0 Å². The third kappa shape index (κ3) is 3.97. The Morgan fingerprint density at radius 3 is 2.55 bits per heavy atom.